The van der Waals surface area contributed by atoms with Gasteiger partial charge in [0.05, 0.1) is 5.69 Å². The zero-order valence-electron chi connectivity index (χ0n) is 7.22. The molecule has 5 heteroatoms. The minimum Gasteiger partial charge on any atom is -0.302 e. The first-order valence-electron chi connectivity index (χ1n) is 4.06. The van der Waals surface area contributed by atoms with Gasteiger partial charge in [-0.1, -0.05) is 0 Å². The second-order valence-electron chi connectivity index (χ2n) is 3.20. The summed E-state index contributed by atoms with van der Waals surface area (Å²) in [6, 6.07) is 0. The van der Waals surface area contributed by atoms with Crippen molar-refractivity contribution in [1.82, 2.24) is 14.9 Å². The van der Waals surface area contributed by atoms with Gasteiger partial charge < -0.3 is 4.90 Å². The number of aromatic nitrogens is 2. The third-order valence-corrected chi connectivity index (χ3v) is 3.18. The van der Waals surface area contributed by atoms with E-state index in [2.05, 4.69) is 53.8 Å². The Bertz CT molecular complexity index is 340. The van der Waals surface area contributed by atoms with Crippen LogP contribution in [0.3, 0.4) is 0 Å². The molecule has 13 heavy (non-hydrogen) atoms. The lowest BCUT2D eigenvalue weighted by molar-refractivity contribution is 0.307. The molecule has 2 rings (SSSR count). The number of hydrogen-bond acceptors (Lipinski definition) is 3. The largest absolute Gasteiger partial charge is 0.302 e. The van der Waals surface area contributed by atoms with Crippen molar-refractivity contribution in [2.24, 2.45) is 0 Å². The maximum atomic E-state index is 4.36. The van der Waals surface area contributed by atoms with E-state index in [0.29, 0.717) is 4.73 Å². The van der Waals surface area contributed by atoms with Crippen LogP contribution in [0.25, 0.3) is 0 Å². The van der Waals surface area contributed by atoms with E-state index in [0.717, 1.165) is 29.8 Å². The van der Waals surface area contributed by atoms with Crippen molar-refractivity contribution in [2.75, 3.05) is 13.6 Å². The lowest BCUT2D eigenvalue weighted by atomic mass is 10.1. The minimum atomic E-state index is 0.669. The average Bonchev–Trinajstić information content (AvgIpc) is 2.06. The van der Waals surface area contributed by atoms with Gasteiger partial charge in [-0.05, 0) is 38.9 Å². The molecule has 0 bridgehead atoms. The number of halogens is 2. The molecule has 0 radical (unpaired) electrons. The third-order valence-electron chi connectivity index (χ3n) is 2.17. The van der Waals surface area contributed by atoms with E-state index in [-0.39, 0.29) is 0 Å². The molecule has 0 atom stereocenters. The minimum absolute atomic E-state index is 0.669. The highest BCUT2D eigenvalue weighted by atomic mass is 79.9. The zero-order valence-corrected chi connectivity index (χ0v) is 10.4. The molecule has 1 aliphatic rings. The van der Waals surface area contributed by atoms with Crippen LogP contribution >= 0.6 is 31.9 Å². The van der Waals surface area contributed by atoms with Crippen molar-refractivity contribution in [3.8, 4) is 0 Å². The van der Waals surface area contributed by atoms with Crippen LogP contribution in [0.15, 0.2) is 9.34 Å². The van der Waals surface area contributed by atoms with E-state index in [9.17, 15) is 0 Å². The molecular weight excluding hydrogens is 298 g/mol. The zero-order chi connectivity index (χ0) is 9.42. The van der Waals surface area contributed by atoms with Crippen molar-refractivity contribution >= 4 is 31.9 Å². The molecule has 1 aromatic rings. The summed E-state index contributed by atoms with van der Waals surface area (Å²) in [5.74, 6) is 0. The molecule has 0 fully saturated rings. The summed E-state index contributed by atoms with van der Waals surface area (Å²) in [6.07, 6.45) is 1.01. The van der Waals surface area contributed by atoms with Gasteiger partial charge in [-0.3, -0.25) is 0 Å². The Morgan fingerprint density at radius 2 is 2.08 bits per heavy atom. The lowest BCUT2D eigenvalue weighted by Gasteiger charge is -2.24. The van der Waals surface area contributed by atoms with Gasteiger partial charge in [0.15, 0.2) is 4.73 Å². The standard InChI is InChI=1S/C8H9Br2N3/c1-13-3-2-6-5(4-13)7(9)12-8(10)11-6/h2-4H2,1H3. The van der Waals surface area contributed by atoms with Gasteiger partial charge in [0.25, 0.3) is 0 Å². The Balaban J connectivity index is 2.47. The molecular formula is C8H9Br2N3. The quantitative estimate of drug-likeness (QED) is 0.542. The average molecular weight is 307 g/mol. The maximum Gasteiger partial charge on any atom is 0.197 e. The van der Waals surface area contributed by atoms with Crippen LogP contribution in [0.4, 0.5) is 0 Å². The Hall–Kier alpha value is -0.0000000000000000555. The van der Waals surface area contributed by atoms with E-state index in [1.54, 1.807) is 0 Å². The molecule has 70 valence electrons. The van der Waals surface area contributed by atoms with Gasteiger partial charge in [0.1, 0.15) is 4.60 Å². The molecule has 0 saturated carbocycles. The first-order valence-corrected chi connectivity index (χ1v) is 5.65. The van der Waals surface area contributed by atoms with E-state index in [1.165, 1.54) is 5.56 Å². The van der Waals surface area contributed by atoms with Crippen LogP contribution in [-0.4, -0.2) is 28.5 Å². The van der Waals surface area contributed by atoms with Crippen LogP contribution in [-0.2, 0) is 13.0 Å². The summed E-state index contributed by atoms with van der Waals surface area (Å²) >= 11 is 6.74. The topological polar surface area (TPSA) is 29.0 Å². The summed E-state index contributed by atoms with van der Waals surface area (Å²) in [4.78, 5) is 10.8. The molecule has 2 heterocycles. The second kappa shape index (κ2) is 3.63. The number of fused-ring (bicyclic) bond motifs is 1. The number of likely N-dealkylation sites (N-methyl/N-ethyl adjacent to an activating group) is 1. The van der Waals surface area contributed by atoms with Crippen molar-refractivity contribution < 1.29 is 0 Å². The van der Waals surface area contributed by atoms with Crippen molar-refractivity contribution in [3.05, 3.63) is 20.6 Å². The first kappa shape index (κ1) is 9.55. The Morgan fingerprint density at radius 3 is 2.85 bits per heavy atom. The van der Waals surface area contributed by atoms with Crippen molar-refractivity contribution in [1.29, 1.82) is 0 Å². The van der Waals surface area contributed by atoms with Gasteiger partial charge in [0.2, 0.25) is 0 Å². The number of hydrogen-bond donors (Lipinski definition) is 0. The SMILES string of the molecule is CN1CCc2nc(Br)nc(Br)c2C1. The molecule has 0 unspecified atom stereocenters. The lowest BCUT2D eigenvalue weighted by Crippen LogP contribution is -2.28. The molecule has 1 aliphatic heterocycles. The Morgan fingerprint density at radius 1 is 1.31 bits per heavy atom. The highest BCUT2D eigenvalue weighted by molar-refractivity contribution is 9.11. The van der Waals surface area contributed by atoms with Gasteiger partial charge in [0, 0.05) is 25.1 Å². The van der Waals surface area contributed by atoms with Gasteiger partial charge in [-0.25, -0.2) is 9.97 Å². The molecule has 0 spiro atoms. The smallest absolute Gasteiger partial charge is 0.197 e. The van der Waals surface area contributed by atoms with E-state index < -0.39 is 0 Å². The molecule has 1 aromatic heterocycles. The van der Waals surface area contributed by atoms with Crippen molar-refractivity contribution in [3.63, 3.8) is 0 Å². The monoisotopic (exact) mass is 305 g/mol. The van der Waals surface area contributed by atoms with E-state index >= 15 is 0 Å². The Labute approximate surface area is 93.8 Å². The predicted octanol–water partition coefficient (Wildman–Crippen LogP) is 1.99. The molecule has 0 aliphatic carbocycles. The summed E-state index contributed by atoms with van der Waals surface area (Å²) in [5, 5.41) is 0. The molecule has 0 amide bonds. The maximum absolute atomic E-state index is 4.36. The molecule has 0 saturated heterocycles. The Kier molecular flexibility index (Phi) is 2.67. The fraction of sp³-hybridized carbons (Fsp3) is 0.500. The summed E-state index contributed by atoms with van der Waals surface area (Å²) < 4.78 is 1.58. The van der Waals surface area contributed by atoms with E-state index in [4.69, 9.17) is 0 Å². The van der Waals surface area contributed by atoms with Crippen LogP contribution in [0.5, 0.6) is 0 Å². The molecule has 0 N–H and O–H groups in total. The van der Waals surface area contributed by atoms with Crippen LogP contribution in [0, 0.1) is 0 Å². The molecule has 0 aromatic carbocycles. The normalized spacial score (nSPS) is 17.2. The highest BCUT2D eigenvalue weighted by Crippen LogP contribution is 2.24. The predicted molar refractivity (Wildman–Crippen MR) is 57.5 cm³/mol. The fourth-order valence-electron chi connectivity index (χ4n) is 1.48. The number of nitrogens with zero attached hydrogens (tertiary/aromatic N) is 3. The highest BCUT2D eigenvalue weighted by Gasteiger charge is 2.18. The number of rotatable bonds is 0. The van der Waals surface area contributed by atoms with Gasteiger partial charge in [-0.15, -0.1) is 0 Å². The second-order valence-corrected chi connectivity index (χ2v) is 4.66. The summed E-state index contributed by atoms with van der Waals surface area (Å²) in [6.45, 7) is 2.01. The van der Waals surface area contributed by atoms with E-state index in [1.807, 2.05) is 0 Å². The van der Waals surface area contributed by atoms with Crippen LogP contribution < -0.4 is 0 Å². The van der Waals surface area contributed by atoms with Gasteiger partial charge in [-0.2, -0.15) is 0 Å². The summed E-state index contributed by atoms with van der Waals surface area (Å²) in [5.41, 5.74) is 2.38. The summed E-state index contributed by atoms with van der Waals surface area (Å²) in [7, 11) is 2.11. The third kappa shape index (κ3) is 1.92. The fourth-order valence-corrected chi connectivity index (χ4v) is 2.63. The van der Waals surface area contributed by atoms with Crippen LogP contribution in [0.1, 0.15) is 11.3 Å². The van der Waals surface area contributed by atoms with Crippen molar-refractivity contribution in [2.45, 2.75) is 13.0 Å². The molecule has 3 nitrogen and oxygen atoms in total. The van der Waals surface area contributed by atoms with Crippen LogP contribution in [0.2, 0.25) is 0 Å². The van der Waals surface area contributed by atoms with Gasteiger partial charge >= 0.3 is 0 Å². The first-order chi connectivity index (χ1) is 6.16.